The third-order valence-corrected chi connectivity index (χ3v) is 6.22. The minimum atomic E-state index is -0.0553. The number of aryl methyl sites for hydroxylation is 1. The number of amides is 1. The Labute approximate surface area is 173 Å². The number of rotatable bonds is 5. The van der Waals surface area contributed by atoms with Gasteiger partial charge in [0.25, 0.3) is 11.5 Å². The number of benzene rings is 1. The molecule has 1 amide bonds. The van der Waals surface area contributed by atoms with Crippen LogP contribution in [-0.2, 0) is 11.3 Å². The van der Waals surface area contributed by atoms with Crippen molar-refractivity contribution in [2.24, 2.45) is 0 Å². The van der Waals surface area contributed by atoms with Crippen molar-refractivity contribution in [3.63, 3.8) is 0 Å². The van der Waals surface area contributed by atoms with Crippen LogP contribution in [0.25, 0.3) is 10.9 Å². The van der Waals surface area contributed by atoms with Gasteiger partial charge in [-0.05, 0) is 37.3 Å². The number of aromatic nitrogens is 2. The second-order valence-corrected chi connectivity index (χ2v) is 8.41. The summed E-state index contributed by atoms with van der Waals surface area (Å²) in [4.78, 5) is 35.8. The van der Waals surface area contributed by atoms with E-state index in [1.165, 1.54) is 0 Å². The normalized spacial score (nSPS) is 14.6. The molecular formula is C21H24N4O3S. The number of ether oxygens (including phenoxy) is 1. The van der Waals surface area contributed by atoms with E-state index < -0.39 is 0 Å². The van der Waals surface area contributed by atoms with Crippen LogP contribution >= 0.6 is 11.3 Å². The number of thiophene rings is 1. The molecule has 0 atom stereocenters. The first-order valence-electron chi connectivity index (χ1n) is 9.65. The molecule has 3 aromatic rings. The van der Waals surface area contributed by atoms with Gasteiger partial charge in [0.05, 0.1) is 35.3 Å². The van der Waals surface area contributed by atoms with Crippen LogP contribution < -0.4 is 10.5 Å². The Balaban J connectivity index is 1.47. The average Bonchev–Trinajstić information content (AvgIpc) is 3.19. The maximum absolute atomic E-state index is 12.6. The molecule has 8 heteroatoms. The standard InChI is InChI=1S/C21H24N4O3S/c1-15-3-6-19(29-15)21(27)24-9-7-23(8-10-24)16-4-5-17-18(13-16)22-14-25(20(17)26)11-12-28-2/h3-6,13-14H,7-12H2,1-2H3. The Morgan fingerprint density at radius 3 is 2.66 bits per heavy atom. The van der Waals surface area contributed by atoms with Crippen molar-refractivity contribution in [2.45, 2.75) is 13.5 Å². The summed E-state index contributed by atoms with van der Waals surface area (Å²) in [6.07, 6.45) is 1.58. The highest BCUT2D eigenvalue weighted by Gasteiger charge is 2.23. The highest BCUT2D eigenvalue weighted by atomic mass is 32.1. The largest absolute Gasteiger partial charge is 0.383 e. The van der Waals surface area contributed by atoms with Gasteiger partial charge in [-0.3, -0.25) is 14.2 Å². The first kappa shape index (κ1) is 19.6. The lowest BCUT2D eigenvalue weighted by Gasteiger charge is -2.36. The van der Waals surface area contributed by atoms with Gasteiger partial charge in [0.2, 0.25) is 0 Å². The predicted octanol–water partition coefficient (Wildman–Crippen LogP) is 2.38. The molecular weight excluding hydrogens is 388 g/mol. The van der Waals surface area contributed by atoms with E-state index >= 15 is 0 Å². The number of nitrogens with zero attached hydrogens (tertiary/aromatic N) is 4. The fourth-order valence-electron chi connectivity index (χ4n) is 3.57. The Bertz CT molecular complexity index is 1080. The summed E-state index contributed by atoms with van der Waals surface area (Å²) >= 11 is 1.54. The number of carbonyl (C=O) groups is 1. The Hall–Kier alpha value is -2.71. The zero-order valence-electron chi connectivity index (χ0n) is 16.6. The zero-order chi connectivity index (χ0) is 20.4. The Morgan fingerprint density at radius 1 is 1.17 bits per heavy atom. The third-order valence-electron chi connectivity index (χ3n) is 5.23. The summed E-state index contributed by atoms with van der Waals surface area (Å²) in [5.41, 5.74) is 1.66. The molecule has 7 nitrogen and oxygen atoms in total. The quantitative estimate of drug-likeness (QED) is 0.644. The lowest BCUT2D eigenvalue weighted by molar-refractivity contribution is 0.0751. The zero-order valence-corrected chi connectivity index (χ0v) is 17.4. The third kappa shape index (κ3) is 4.04. The van der Waals surface area contributed by atoms with Gasteiger partial charge >= 0.3 is 0 Å². The van der Waals surface area contributed by atoms with Crippen molar-refractivity contribution < 1.29 is 9.53 Å². The fraction of sp³-hybridized carbons (Fsp3) is 0.381. The smallest absolute Gasteiger partial charge is 0.264 e. The second kappa shape index (κ2) is 8.34. The van der Waals surface area contributed by atoms with Crippen molar-refractivity contribution in [3.05, 3.63) is 56.8 Å². The first-order valence-corrected chi connectivity index (χ1v) is 10.5. The van der Waals surface area contributed by atoms with Gasteiger partial charge in [-0.25, -0.2) is 4.98 Å². The number of anilines is 1. The number of methoxy groups -OCH3 is 1. The highest BCUT2D eigenvalue weighted by Crippen LogP contribution is 2.22. The molecule has 2 aromatic heterocycles. The van der Waals surface area contributed by atoms with Crippen molar-refractivity contribution in [2.75, 3.05) is 44.8 Å². The van der Waals surface area contributed by atoms with Crippen LogP contribution in [-0.4, -0.2) is 60.3 Å². The van der Waals surface area contributed by atoms with E-state index in [0.717, 1.165) is 28.5 Å². The molecule has 3 heterocycles. The molecule has 29 heavy (non-hydrogen) atoms. The van der Waals surface area contributed by atoms with Crippen molar-refractivity contribution >= 4 is 33.8 Å². The van der Waals surface area contributed by atoms with Crippen molar-refractivity contribution in [1.29, 1.82) is 0 Å². The summed E-state index contributed by atoms with van der Waals surface area (Å²) in [6, 6.07) is 9.65. The molecule has 0 radical (unpaired) electrons. The monoisotopic (exact) mass is 412 g/mol. The highest BCUT2D eigenvalue weighted by molar-refractivity contribution is 7.13. The molecule has 0 N–H and O–H groups in total. The van der Waals surface area contributed by atoms with Gasteiger partial charge in [-0.15, -0.1) is 11.3 Å². The van der Waals surface area contributed by atoms with Crippen LogP contribution in [0.1, 0.15) is 14.5 Å². The molecule has 1 aromatic carbocycles. The molecule has 1 fully saturated rings. The molecule has 152 valence electrons. The molecule has 1 aliphatic heterocycles. The SMILES string of the molecule is COCCn1cnc2cc(N3CCN(C(=O)c4ccc(C)s4)CC3)ccc2c1=O. The Kier molecular flexibility index (Phi) is 5.64. The molecule has 0 unspecified atom stereocenters. The number of hydrogen-bond donors (Lipinski definition) is 0. The fourth-order valence-corrected chi connectivity index (χ4v) is 4.40. The van der Waals surface area contributed by atoms with E-state index in [1.807, 2.05) is 42.2 Å². The van der Waals surface area contributed by atoms with Gasteiger partial charge in [0.15, 0.2) is 0 Å². The minimum Gasteiger partial charge on any atom is -0.383 e. The molecule has 0 bridgehead atoms. The molecule has 0 aliphatic carbocycles. The number of fused-ring (bicyclic) bond motifs is 1. The predicted molar refractivity (Wildman–Crippen MR) is 115 cm³/mol. The summed E-state index contributed by atoms with van der Waals surface area (Å²) < 4.78 is 6.62. The topological polar surface area (TPSA) is 67.7 Å². The lowest BCUT2D eigenvalue weighted by Crippen LogP contribution is -2.48. The van der Waals surface area contributed by atoms with Gasteiger partial charge in [0.1, 0.15) is 0 Å². The van der Waals surface area contributed by atoms with Crippen LogP contribution in [0, 0.1) is 6.92 Å². The second-order valence-electron chi connectivity index (χ2n) is 7.13. The molecule has 1 aliphatic rings. The molecule has 4 rings (SSSR count). The van der Waals surface area contributed by atoms with Gasteiger partial charge in [-0.1, -0.05) is 0 Å². The van der Waals surface area contributed by atoms with Gasteiger partial charge < -0.3 is 14.5 Å². The summed E-state index contributed by atoms with van der Waals surface area (Å²) in [5, 5.41) is 0.606. The van der Waals surface area contributed by atoms with E-state index in [1.54, 1.807) is 29.3 Å². The van der Waals surface area contributed by atoms with E-state index in [0.29, 0.717) is 37.1 Å². The summed E-state index contributed by atoms with van der Waals surface area (Å²) in [5.74, 6) is 0.111. The van der Waals surface area contributed by atoms with Gasteiger partial charge in [-0.2, -0.15) is 0 Å². The maximum atomic E-state index is 12.6. The maximum Gasteiger partial charge on any atom is 0.264 e. The van der Waals surface area contributed by atoms with E-state index in [2.05, 4.69) is 9.88 Å². The van der Waals surface area contributed by atoms with Crippen molar-refractivity contribution in [3.8, 4) is 0 Å². The van der Waals surface area contributed by atoms with Crippen LogP contribution in [0.4, 0.5) is 5.69 Å². The molecule has 0 saturated carbocycles. The van der Waals surface area contributed by atoms with E-state index in [4.69, 9.17) is 4.74 Å². The molecule has 1 saturated heterocycles. The van der Waals surface area contributed by atoms with Crippen LogP contribution in [0.5, 0.6) is 0 Å². The van der Waals surface area contributed by atoms with Crippen LogP contribution in [0.15, 0.2) is 41.5 Å². The Morgan fingerprint density at radius 2 is 1.97 bits per heavy atom. The van der Waals surface area contributed by atoms with Crippen molar-refractivity contribution in [1.82, 2.24) is 14.5 Å². The molecule has 0 spiro atoms. The summed E-state index contributed by atoms with van der Waals surface area (Å²) in [7, 11) is 1.61. The van der Waals surface area contributed by atoms with E-state index in [9.17, 15) is 9.59 Å². The number of piperazine rings is 1. The minimum absolute atomic E-state index is 0.0553. The number of hydrogen-bond acceptors (Lipinski definition) is 6. The van der Waals surface area contributed by atoms with Crippen LogP contribution in [0.3, 0.4) is 0 Å². The number of carbonyl (C=O) groups excluding carboxylic acids is 1. The van der Waals surface area contributed by atoms with E-state index in [-0.39, 0.29) is 11.5 Å². The first-order chi connectivity index (χ1) is 14.1. The summed E-state index contributed by atoms with van der Waals surface area (Å²) in [6.45, 7) is 5.84. The average molecular weight is 413 g/mol. The van der Waals surface area contributed by atoms with Gasteiger partial charge in [0, 0.05) is 43.9 Å². The lowest BCUT2D eigenvalue weighted by atomic mass is 10.2. The van der Waals surface area contributed by atoms with Crippen LogP contribution in [0.2, 0.25) is 0 Å².